The number of anilines is 1. The normalized spacial score (nSPS) is 10.9. The number of rotatable bonds is 12. The SMILES string of the molecule is CCCCCC(Nc1ccc(-c2ccc(C#N)cc2)cc1)c1ccc(C=O)cc1.CNCCC(=O)O. The van der Waals surface area contributed by atoms with E-state index in [1.165, 1.54) is 18.4 Å². The van der Waals surface area contributed by atoms with Crippen molar-refractivity contribution in [2.45, 2.75) is 45.1 Å². The first kappa shape index (κ1) is 28.3. The Labute approximate surface area is 214 Å². The van der Waals surface area contributed by atoms with Crippen LogP contribution in [0, 0.1) is 11.3 Å². The fourth-order valence-corrected chi connectivity index (χ4v) is 3.66. The maximum atomic E-state index is 10.9. The van der Waals surface area contributed by atoms with Crippen LogP contribution >= 0.6 is 0 Å². The first-order valence-electron chi connectivity index (χ1n) is 12.3. The van der Waals surface area contributed by atoms with Crippen LogP contribution in [0.5, 0.6) is 0 Å². The first-order valence-corrected chi connectivity index (χ1v) is 12.3. The smallest absolute Gasteiger partial charge is 0.304 e. The number of carbonyl (C=O) groups excluding carboxylic acids is 1. The van der Waals surface area contributed by atoms with Crippen molar-refractivity contribution in [2.75, 3.05) is 18.9 Å². The molecule has 0 aliphatic heterocycles. The Morgan fingerprint density at radius 3 is 2.06 bits per heavy atom. The topological polar surface area (TPSA) is 102 Å². The van der Waals surface area contributed by atoms with Crippen molar-refractivity contribution in [3.8, 4) is 17.2 Å². The number of nitriles is 1. The average Bonchev–Trinajstić information content (AvgIpc) is 2.92. The Hall–Kier alpha value is -3.95. The summed E-state index contributed by atoms with van der Waals surface area (Å²) in [7, 11) is 1.73. The monoisotopic (exact) mass is 485 g/mol. The average molecular weight is 486 g/mol. The van der Waals surface area contributed by atoms with Gasteiger partial charge in [-0.1, -0.05) is 74.7 Å². The Balaban J connectivity index is 0.000000572. The quantitative estimate of drug-likeness (QED) is 0.201. The van der Waals surface area contributed by atoms with Crippen LogP contribution < -0.4 is 10.6 Å². The molecule has 3 N–H and O–H groups in total. The van der Waals surface area contributed by atoms with E-state index >= 15 is 0 Å². The first-order chi connectivity index (χ1) is 17.5. The van der Waals surface area contributed by atoms with E-state index in [9.17, 15) is 9.59 Å². The van der Waals surface area contributed by atoms with E-state index in [0.717, 1.165) is 35.9 Å². The molecule has 0 amide bonds. The molecule has 0 aliphatic carbocycles. The van der Waals surface area contributed by atoms with Gasteiger partial charge in [0.2, 0.25) is 0 Å². The van der Waals surface area contributed by atoms with Gasteiger partial charge in [0.1, 0.15) is 6.29 Å². The number of nitrogens with zero attached hydrogens (tertiary/aromatic N) is 1. The summed E-state index contributed by atoms with van der Waals surface area (Å²) in [5, 5.41) is 23.3. The van der Waals surface area contributed by atoms with Gasteiger partial charge in [-0.05, 0) is 54.4 Å². The van der Waals surface area contributed by atoms with Crippen molar-refractivity contribution in [3.63, 3.8) is 0 Å². The van der Waals surface area contributed by atoms with Gasteiger partial charge in [-0.25, -0.2) is 0 Å². The number of carbonyl (C=O) groups is 2. The summed E-state index contributed by atoms with van der Waals surface area (Å²) in [4.78, 5) is 20.7. The third kappa shape index (κ3) is 9.73. The number of benzene rings is 3. The number of hydrogen-bond donors (Lipinski definition) is 3. The third-order valence-electron chi connectivity index (χ3n) is 5.73. The number of aldehydes is 1. The number of carboxylic acid groups (broad SMARTS) is 1. The van der Waals surface area contributed by atoms with Gasteiger partial charge >= 0.3 is 5.97 Å². The van der Waals surface area contributed by atoms with Crippen LogP contribution in [-0.2, 0) is 4.79 Å². The fraction of sp³-hybridized carbons (Fsp3) is 0.300. The second-order valence-corrected chi connectivity index (χ2v) is 8.49. The molecule has 3 rings (SSSR count). The zero-order chi connectivity index (χ0) is 26.2. The summed E-state index contributed by atoms with van der Waals surface area (Å²) in [5.41, 5.74) is 5.86. The number of hydrogen-bond acceptors (Lipinski definition) is 5. The third-order valence-corrected chi connectivity index (χ3v) is 5.73. The van der Waals surface area contributed by atoms with Crippen LogP contribution in [-0.4, -0.2) is 31.0 Å². The molecular formula is C30H35N3O3. The molecule has 36 heavy (non-hydrogen) atoms. The Morgan fingerprint density at radius 2 is 1.58 bits per heavy atom. The van der Waals surface area contributed by atoms with E-state index in [-0.39, 0.29) is 12.5 Å². The minimum Gasteiger partial charge on any atom is -0.481 e. The van der Waals surface area contributed by atoms with Crippen LogP contribution in [0.3, 0.4) is 0 Å². The van der Waals surface area contributed by atoms with Crippen LogP contribution in [0.25, 0.3) is 11.1 Å². The van der Waals surface area contributed by atoms with Gasteiger partial charge in [0.15, 0.2) is 0 Å². The van der Waals surface area contributed by atoms with E-state index in [1.807, 2.05) is 48.5 Å². The molecule has 0 radical (unpaired) electrons. The summed E-state index contributed by atoms with van der Waals surface area (Å²) in [6, 6.07) is 26.2. The van der Waals surface area contributed by atoms with Gasteiger partial charge in [-0.3, -0.25) is 9.59 Å². The molecule has 6 nitrogen and oxygen atoms in total. The Bertz CT molecular complexity index is 1100. The predicted octanol–water partition coefficient (Wildman–Crippen LogP) is 6.45. The van der Waals surface area contributed by atoms with Crippen molar-refractivity contribution < 1.29 is 14.7 Å². The summed E-state index contributed by atoms with van der Waals surface area (Å²) in [5.74, 6) is -0.755. The number of carboxylic acids is 1. The molecule has 6 heteroatoms. The highest BCUT2D eigenvalue weighted by atomic mass is 16.4. The predicted molar refractivity (Wildman–Crippen MR) is 145 cm³/mol. The van der Waals surface area contributed by atoms with Gasteiger partial charge in [0, 0.05) is 17.8 Å². The molecule has 3 aromatic rings. The second-order valence-electron chi connectivity index (χ2n) is 8.49. The van der Waals surface area contributed by atoms with E-state index in [2.05, 4.69) is 47.9 Å². The summed E-state index contributed by atoms with van der Waals surface area (Å²) >= 11 is 0. The van der Waals surface area contributed by atoms with Crippen molar-refractivity contribution in [1.82, 2.24) is 5.32 Å². The largest absolute Gasteiger partial charge is 0.481 e. The molecule has 0 fully saturated rings. The molecule has 3 aromatic carbocycles. The van der Waals surface area contributed by atoms with Crippen molar-refractivity contribution in [2.24, 2.45) is 0 Å². The lowest BCUT2D eigenvalue weighted by molar-refractivity contribution is -0.136. The Kier molecular flexibility index (Phi) is 12.5. The second kappa shape index (κ2) is 15.9. The highest BCUT2D eigenvalue weighted by molar-refractivity contribution is 5.74. The summed E-state index contributed by atoms with van der Waals surface area (Å²) in [6.07, 6.45) is 5.69. The molecule has 1 unspecified atom stereocenters. The minimum absolute atomic E-state index is 0.205. The summed E-state index contributed by atoms with van der Waals surface area (Å²) in [6.45, 7) is 2.76. The fourth-order valence-electron chi connectivity index (χ4n) is 3.66. The maximum absolute atomic E-state index is 10.9. The van der Waals surface area contributed by atoms with Gasteiger partial charge in [-0.2, -0.15) is 5.26 Å². The summed E-state index contributed by atoms with van der Waals surface area (Å²) < 4.78 is 0. The molecule has 0 saturated carbocycles. The lowest BCUT2D eigenvalue weighted by Gasteiger charge is -2.21. The van der Waals surface area contributed by atoms with Gasteiger partial charge in [0.05, 0.1) is 24.1 Å². The molecule has 188 valence electrons. The zero-order valence-corrected chi connectivity index (χ0v) is 21.0. The van der Waals surface area contributed by atoms with E-state index in [0.29, 0.717) is 17.7 Å². The van der Waals surface area contributed by atoms with Crippen LogP contribution in [0.15, 0.2) is 72.8 Å². The van der Waals surface area contributed by atoms with Crippen LogP contribution in [0.4, 0.5) is 5.69 Å². The molecule has 0 aliphatic rings. The number of nitrogens with one attached hydrogen (secondary N) is 2. The van der Waals surface area contributed by atoms with Crippen molar-refractivity contribution in [3.05, 3.63) is 89.5 Å². The van der Waals surface area contributed by atoms with Crippen LogP contribution in [0.1, 0.15) is 66.6 Å². The lowest BCUT2D eigenvalue weighted by atomic mass is 9.98. The van der Waals surface area contributed by atoms with Crippen LogP contribution in [0.2, 0.25) is 0 Å². The molecule has 0 heterocycles. The molecular weight excluding hydrogens is 450 g/mol. The standard InChI is InChI=1S/C26H26N2O.C4H9NO2/c1-2-3-4-5-26(24-12-8-21(19-29)9-13-24)28-25-16-14-23(15-17-25)22-10-6-20(18-27)7-11-22;1-5-3-2-4(6)7/h6-17,19,26,28H,2-5H2,1H3;5H,2-3H2,1H3,(H,6,7). The van der Waals surface area contributed by atoms with E-state index < -0.39 is 5.97 Å². The number of aliphatic carboxylic acids is 1. The molecule has 0 spiro atoms. The molecule has 1 atom stereocenters. The lowest BCUT2D eigenvalue weighted by Crippen LogP contribution is -2.11. The van der Waals surface area contributed by atoms with Crippen molar-refractivity contribution >= 4 is 17.9 Å². The highest BCUT2D eigenvalue weighted by Gasteiger charge is 2.11. The van der Waals surface area contributed by atoms with Gasteiger partial charge in [0.25, 0.3) is 0 Å². The van der Waals surface area contributed by atoms with E-state index in [4.69, 9.17) is 10.4 Å². The Morgan fingerprint density at radius 1 is 0.972 bits per heavy atom. The molecule has 0 aromatic heterocycles. The maximum Gasteiger partial charge on any atom is 0.304 e. The molecule has 0 bridgehead atoms. The van der Waals surface area contributed by atoms with Gasteiger partial charge in [-0.15, -0.1) is 0 Å². The minimum atomic E-state index is -0.755. The zero-order valence-electron chi connectivity index (χ0n) is 21.0. The van der Waals surface area contributed by atoms with Crippen molar-refractivity contribution in [1.29, 1.82) is 5.26 Å². The molecule has 0 saturated heterocycles. The van der Waals surface area contributed by atoms with Gasteiger partial charge < -0.3 is 15.7 Å². The highest BCUT2D eigenvalue weighted by Crippen LogP contribution is 2.27. The van der Waals surface area contributed by atoms with E-state index in [1.54, 1.807) is 7.05 Å². The number of unbranched alkanes of at least 4 members (excludes halogenated alkanes) is 2.